The fourth-order valence-electron chi connectivity index (χ4n) is 2.72. The van der Waals surface area contributed by atoms with Gasteiger partial charge in [-0.25, -0.2) is 4.79 Å². The minimum atomic E-state index is -0.748. The van der Waals surface area contributed by atoms with Crippen molar-refractivity contribution in [2.75, 3.05) is 20.3 Å². The van der Waals surface area contributed by atoms with Gasteiger partial charge in [-0.3, -0.25) is 0 Å². The molecule has 2 unspecified atom stereocenters. The van der Waals surface area contributed by atoms with Crippen LogP contribution in [0, 0.1) is 0 Å². The second-order valence-corrected chi connectivity index (χ2v) is 6.58. The van der Waals surface area contributed by atoms with Crippen molar-refractivity contribution in [2.45, 2.75) is 32.1 Å². The van der Waals surface area contributed by atoms with Crippen molar-refractivity contribution in [3.8, 4) is 11.5 Å². The minimum Gasteiger partial charge on any atom is -0.508 e. The smallest absolute Gasteiger partial charge is 0.343 e. The van der Waals surface area contributed by atoms with Crippen molar-refractivity contribution < 1.29 is 29.6 Å². The van der Waals surface area contributed by atoms with E-state index >= 15 is 0 Å². The number of esters is 1. The van der Waals surface area contributed by atoms with Gasteiger partial charge in [0.15, 0.2) is 6.61 Å². The monoisotopic (exact) mass is 389 g/mol. The predicted octanol–water partition coefficient (Wildman–Crippen LogP) is 1.69. The SMILES string of the molecule is COC(=O)COc1ccc(CC(C)NCC(O)c2ccc(O)c(CO)c2)cc1. The zero-order chi connectivity index (χ0) is 20.5. The van der Waals surface area contributed by atoms with E-state index in [1.807, 2.05) is 19.1 Å². The standard InChI is InChI=1S/C21H27NO6/c1-14(9-15-3-6-18(7-4-15)28-13-21(26)27-2)22-11-20(25)16-5-8-19(24)17(10-16)12-23/h3-8,10,14,20,22-25H,9,11-13H2,1-2H3. The molecule has 0 amide bonds. The van der Waals surface area contributed by atoms with Crippen LogP contribution < -0.4 is 10.1 Å². The second kappa shape index (κ2) is 10.7. The van der Waals surface area contributed by atoms with E-state index in [-0.39, 0.29) is 25.0 Å². The maximum absolute atomic E-state index is 11.1. The molecule has 0 aromatic heterocycles. The van der Waals surface area contributed by atoms with E-state index in [0.29, 0.717) is 23.4 Å². The van der Waals surface area contributed by atoms with Crippen LogP contribution in [-0.4, -0.2) is 47.6 Å². The third-order valence-electron chi connectivity index (χ3n) is 4.37. The van der Waals surface area contributed by atoms with Crippen molar-refractivity contribution in [2.24, 2.45) is 0 Å². The van der Waals surface area contributed by atoms with Crippen LogP contribution >= 0.6 is 0 Å². The molecular weight excluding hydrogens is 362 g/mol. The molecule has 0 heterocycles. The molecule has 0 aliphatic carbocycles. The van der Waals surface area contributed by atoms with Crippen LogP contribution in [0.4, 0.5) is 0 Å². The number of phenols is 1. The number of ether oxygens (including phenoxy) is 2. The van der Waals surface area contributed by atoms with E-state index in [1.165, 1.54) is 13.2 Å². The van der Waals surface area contributed by atoms with Crippen LogP contribution in [-0.2, 0) is 22.6 Å². The van der Waals surface area contributed by atoms with Gasteiger partial charge in [0.25, 0.3) is 0 Å². The van der Waals surface area contributed by atoms with E-state index in [2.05, 4.69) is 10.1 Å². The summed E-state index contributed by atoms with van der Waals surface area (Å²) in [5.74, 6) is 0.177. The highest BCUT2D eigenvalue weighted by Gasteiger charge is 2.12. The fraction of sp³-hybridized carbons (Fsp3) is 0.381. The van der Waals surface area contributed by atoms with E-state index < -0.39 is 12.1 Å². The first-order valence-electron chi connectivity index (χ1n) is 9.05. The summed E-state index contributed by atoms with van der Waals surface area (Å²) in [6, 6.07) is 12.3. The summed E-state index contributed by atoms with van der Waals surface area (Å²) in [5, 5.41) is 32.4. The van der Waals surface area contributed by atoms with Crippen LogP contribution in [0.3, 0.4) is 0 Å². The van der Waals surface area contributed by atoms with Gasteiger partial charge in [-0.15, -0.1) is 0 Å². The molecule has 0 saturated heterocycles. The molecule has 0 fully saturated rings. The Hall–Kier alpha value is -2.61. The molecule has 0 aliphatic rings. The summed E-state index contributed by atoms with van der Waals surface area (Å²) < 4.78 is 9.84. The Morgan fingerprint density at radius 2 is 1.89 bits per heavy atom. The number of aliphatic hydroxyl groups is 2. The lowest BCUT2D eigenvalue weighted by Crippen LogP contribution is -2.32. The number of hydrogen-bond donors (Lipinski definition) is 4. The number of rotatable bonds is 10. The second-order valence-electron chi connectivity index (χ2n) is 6.58. The largest absolute Gasteiger partial charge is 0.508 e. The van der Waals surface area contributed by atoms with Crippen LogP contribution in [0.1, 0.15) is 29.7 Å². The fourth-order valence-corrected chi connectivity index (χ4v) is 2.72. The molecule has 0 radical (unpaired) electrons. The number of aliphatic hydroxyl groups excluding tert-OH is 2. The molecule has 2 aromatic carbocycles. The van der Waals surface area contributed by atoms with Crippen molar-refractivity contribution in [1.82, 2.24) is 5.32 Å². The van der Waals surface area contributed by atoms with E-state index in [0.717, 1.165) is 12.0 Å². The molecule has 152 valence electrons. The third-order valence-corrected chi connectivity index (χ3v) is 4.37. The number of carbonyl (C=O) groups excluding carboxylic acids is 1. The highest BCUT2D eigenvalue weighted by Crippen LogP contribution is 2.22. The van der Waals surface area contributed by atoms with Gasteiger partial charge in [0.05, 0.1) is 19.8 Å². The molecule has 2 atom stereocenters. The summed E-state index contributed by atoms with van der Waals surface area (Å²) in [6.45, 7) is 1.96. The maximum Gasteiger partial charge on any atom is 0.343 e. The summed E-state index contributed by atoms with van der Waals surface area (Å²) in [6.07, 6.45) is 0.00372. The van der Waals surface area contributed by atoms with Crippen LogP contribution in [0.2, 0.25) is 0 Å². The number of aromatic hydroxyl groups is 1. The number of benzene rings is 2. The first kappa shape index (κ1) is 21.7. The number of carbonyl (C=O) groups is 1. The Balaban J connectivity index is 1.81. The van der Waals surface area contributed by atoms with Gasteiger partial charge >= 0.3 is 5.97 Å². The Morgan fingerprint density at radius 3 is 2.54 bits per heavy atom. The summed E-state index contributed by atoms with van der Waals surface area (Å²) in [7, 11) is 1.31. The summed E-state index contributed by atoms with van der Waals surface area (Å²) >= 11 is 0. The zero-order valence-corrected chi connectivity index (χ0v) is 16.1. The summed E-state index contributed by atoms with van der Waals surface area (Å²) in [4.78, 5) is 11.1. The quantitative estimate of drug-likeness (QED) is 0.458. The van der Waals surface area contributed by atoms with Gasteiger partial charge in [0.1, 0.15) is 11.5 Å². The third kappa shape index (κ3) is 6.53. The van der Waals surface area contributed by atoms with Crippen molar-refractivity contribution in [3.05, 3.63) is 59.2 Å². The lowest BCUT2D eigenvalue weighted by Gasteiger charge is -2.18. The molecule has 0 bridgehead atoms. The normalized spacial score (nSPS) is 13.0. The molecule has 2 aromatic rings. The molecule has 4 N–H and O–H groups in total. The van der Waals surface area contributed by atoms with Gasteiger partial charge in [0.2, 0.25) is 0 Å². The van der Waals surface area contributed by atoms with E-state index in [1.54, 1.807) is 24.3 Å². The first-order chi connectivity index (χ1) is 13.4. The number of hydrogen-bond acceptors (Lipinski definition) is 7. The molecule has 0 saturated carbocycles. The lowest BCUT2D eigenvalue weighted by molar-refractivity contribution is -0.142. The van der Waals surface area contributed by atoms with Crippen molar-refractivity contribution >= 4 is 5.97 Å². The average molecular weight is 389 g/mol. The minimum absolute atomic E-state index is 0.0128. The van der Waals surface area contributed by atoms with Crippen molar-refractivity contribution in [1.29, 1.82) is 0 Å². The van der Waals surface area contributed by atoms with Gasteiger partial charge < -0.3 is 30.1 Å². The van der Waals surface area contributed by atoms with Crippen molar-refractivity contribution in [3.63, 3.8) is 0 Å². The molecular formula is C21H27NO6. The Morgan fingerprint density at radius 1 is 1.18 bits per heavy atom. The average Bonchev–Trinajstić information content (AvgIpc) is 2.71. The van der Waals surface area contributed by atoms with Gasteiger partial charge in [-0.2, -0.15) is 0 Å². The lowest BCUT2D eigenvalue weighted by atomic mass is 10.0. The first-order valence-corrected chi connectivity index (χ1v) is 9.05. The predicted molar refractivity (Wildman–Crippen MR) is 104 cm³/mol. The van der Waals surface area contributed by atoms with Crippen LogP contribution in [0.5, 0.6) is 11.5 Å². The van der Waals surface area contributed by atoms with Gasteiger partial charge in [-0.05, 0) is 48.7 Å². The topological polar surface area (TPSA) is 108 Å². The Kier molecular flexibility index (Phi) is 8.25. The van der Waals surface area contributed by atoms with Crippen LogP contribution in [0.25, 0.3) is 0 Å². The van der Waals surface area contributed by atoms with E-state index in [4.69, 9.17) is 4.74 Å². The molecule has 7 nitrogen and oxygen atoms in total. The van der Waals surface area contributed by atoms with Gasteiger partial charge in [-0.1, -0.05) is 18.2 Å². The number of nitrogens with one attached hydrogen (secondary N) is 1. The molecule has 0 spiro atoms. The molecule has 7 heteroatoms. The molecule has 2 rings (SSSR count). The van der Waals surface area contributed by atoms with E-state index in [9.17, 15) is 20.1 Å². The Bertz CT molecular complexity index is 762. The highest BCUT2D eigenvalue weighted by molar-refractivity contribution is 5.70. The highest BCUT2D eigenvalue weighted by atomic mass is 16.6. The maximum atomic E-state index is 11.1. The van der Waals surface area contributed by atoms with Crippen LogP contribution in [0.15, 0.2) is 42.5 Å². The Labute approximate surface area is 164 Å². The summed E-state index contributed by atoms with van der Waals surface area (Å²) in [5.41, 5.74) is 2.11. The molecule has 0 aliphatic heterocycles. The molecule has 28 heavy (non-hydrogen) atoms. The number of methoxy groups -OCH3 is 1. The van der Waals surface area contributed by atoms with Gasteiger partial charge in [0, 0.05) is 18.2 Å². The zero-order valence-electron chi connectivity index (χ0n) is 16.1.